The minimum absolute atomic E-state index is 0.105. The normalized spacial score (nSPS) is 13.4. The Morgan fingerprint density at radius 1 is 1.38 bits per heavy atom. The summed E-state index contributed by atoms with van der Waals surface area (Å²) in [4.78, 5) is 1.98. The van der Waals surface area contributed by atoms with Crippen LogP contribution in [0.4, 0.5) is 4.39 Å². The summed E-state index contributed by atoms with van der Waals surface area (Å²) < 4.78 is 14.2. The zero-order valence-corrected chi connectivity index (χ0v) is 9.60. The summed E-state index contributed by atoms with van der Waals surface area (Å²) >= 11 is 3.23. The molecule has 0 aliphatic carbocycles. The lowest BCUT2D eigenvalue weighted by molar-refractivity contribution is 0.313. The van der Waals surface area contributed by atoms with Gasteiger partial charge in [0.2, 0.25) is 0 Å². The van der Waals surface area contributed by atoms with Crippen LogP contribution in [0.2, 0.25) is 0 Å². The van der Waals surface area contributed by atoms with Crippen molar-refractivity contribution >= 4 is 15.9 Å². The van der Waals surface area contributed by atoms with Crippen LogP contribution in [0, 0.1) is 5.82 Å². The number of nitrogens with zero attached hydrogens (tertiary/aromatic N) is 1. The lowest BCUT2D eigenvalue weighted by Crippen LogP contribution is -2.17. The first-order valence-corrected chi connectivity index (χ1v) is 4.93. The minimum Gasteiger partial charge on any atom is -0.303 e. The van der Waals surface area contributed by atoms with Crippen LogP contribution < -0.4 is 0 Å². The average molecular weight is 246 g/mol. The maximum absolute atomic E-state index is 13.4. The molecule has 0 amide bonds. The third-order valence-corrected chi connectivity index (χ3v) is 2.68. The van der Waals surface area contributed by atoms with Crippen LogP contribution in [0.5, 0.6) is 0 Å². The molecule has 0 bridgehead atoms. The van der Waals surface area contributed by atoms with Crippen LogP contribution in [0.1, 0.15) is 18.5 Å². The van der Waals surface area contributed by atoms with Gasteiger partial charge in [-0.05, 0) is 33.2 Å². The van der Waals surface area contributed by atoms with Crippen molar-refractivity contribution in [1.29, 1.82) is 0 Å². The fraction of sp³-hybridized carbons (Fsp3) is 0.400. The molecule has 0 fully saturated rings. The molecule has 0 radical (unpaired) electrons. The molecule has 0 saturated heterocycles. The smallest absolute Gasteiger partial charge is 0.129 e. The molecule has 0 saturated carbocycles. The lowest BCUT2D eigenvalue weighted by Gasteiger charge is -2.20. The third kappa shape index (κ3) is 2.51. The molecule has 72 valence electrons. The van der Waals surface area contributed by atoms with E-state index in [0.29, 0.717) is 0 Å². The van der Waals surface area contributed by atoms with E-state index < -0.39 is 0 Å². The summed E-state index contributed by atoms with van der Waals surface area (Å²) in [5, 5.41) is 0. The number of hydrogen-bond acceptors (Lipinski definition) is 1. The van der Waals surface area contributed by atoms with Crippen molar-refractivity contribution < 1.29 is 4.39 Å². The summed E-state index contributed by atoms with van der Waals surface area (Å²) in [7, 11) is 3.87. The van der Waals surface area contributed by atoms with E-state index in [1.165, 1.54) is 6.07 Å². The van der Waals surface area contributed by atoms with Crippen LogP contribution in [-0.2, 0) is 0 Å². The second-order valence-electron chi connectivity index (χ2n) is 3.31. The van der Waals surface area contributed by atoms with Crippen molar-refractivity contribution in [3.63, 3.8) is 0 Å². The predicted molar refractivity (Wildman–Crippen MR) is 56.2 cm³/mol. The summed E-state index contributed by atoms with van der Waals surface area (Å²) in [6.07, 6.45) is 0. The quantitative estimate of drug-likeness (QED) is 0.774. The molecule has 0 aromatic heterocycles. The van der Waals surface area contributed by atoms with E-state index in [2.05, 4.69) is 15.9 Å². The van der Waals surface area contributed by atoms with Gasteiger partial charge in [0.25, 0.3) is 0 Å². The third-order valence-electron chi connectivity index (χ3n) is 2.19. The van der Waals surface area contributed by atoms with Gasteiger partial charge in [-0.1, -0.05) is 22.0 Å². The number of rotatable bonds is 2. The fourth-order valence-electron chi connectivity index (χ4n) is 1.12. The second-order valence-corrected chi connectivity index (χ2v) is 4.22. The molecule has 1 rings (SSSR count). The molecule has 0 N–H and O–H groups in total. The van der Waals surface area contributed by atoms with Gasteiger partial charge < -0.3 is 4.90 Å². The van der Waals surface area contributed by atoms with Crippen molar-refractivity contribution in [2.45, 2.75) is 13.0 Å². The molecule has 0 aliphatic heterocycles. The van der Waals surface area contributed by atoms with Gasteiger partial charge in [-0.2, -0.15) is 0 Å². The molecule has 1 atom stereocenters. The van der Waals surface area contributed by atoms with Gasteiger partial charge in [-0.3, -0.25) is 0 Å². The molecular formula is C10H13BrFN. The first-order chi connectivity index (χ1) is 6.02. The molecule has 0 heterocycles. The lowest BCUT2D eigenvalue weighted by atomic mass is 10.1. The zero-order chi connectivity index (χ0) is 10.0. The second kappa shape index (κ2) is 4.20. The Bertz CT molecular complexity index is 299. The molecule has 3 heteroatoms. The Hall–Kier alpha value is -0.410. The van der Waals surface area contributed by atoms with Crippen LogP contribution >= 0.6 is 15.9 Å². The minimum atomic E-state index is -0.157. The van der Waals surface area contributed by atoms with Gasteiger partial charge in [-0.15, -0.1) is 0 Å². The molecule has 1 aromatic rings. The standard InChI is InChI=1S/C10H13BrFN/c1-7(13(2)3)9-5-4-8(11)6-10(9)12/h4-7H,1-3H3. The van der Waals surface area contributed by atoms with Crippen LogP contribution in [-0.4, -0.2) is 19.0 Å². The van der Waals surface area contributed by atoms with Crippen molar-refractivity contribution in [2.24, 2.45) is 0 Å². The van der Waals surface area contributed by atoms with E-state index >= 15 is 0 Å². The van der Waals surface area contributed by atoms with Gasteiger partial charge in [0.05, 0.1) is 0 Å². The summed E-state index contributed by atoms with van der Waals surface area (Å²) in [5.74, 6) is -0.157. The highest BCUT2D eigenvalue weighted by molar-refractivity contribution is 9.10. The van der Waals surface area contributed by atoms with Crippen molar-refractivity contribution in [3.05, 3.63) is 34.1 Å². The predicted octanol–water partition coefficient (Wildman–Crippen LogP) is 3.21. The van der Waals surface area contributed by atoms with E-state index in [-0.39, 0.29) is 11.9 Å². The molecular weight excluding hydrogens is 233 g/mol. The summed E-state index contributed by atoms with van der Waals surface area (Å²) in [6, 6.07) is 5.27. The molecule has 0 spiro atoms. The molecule has 1 nitrogen and oxygen atoms in total. The highest BCUT2D eigenvalue weighted by Crippen LogP contribution is 2.23. The van der Waals surface area contributed by atoms with E-state index in [1.54, 1.807) is 0 Å². The Kier molecular flexibility index (Phi) is 3.45. The monoisotopic (exact) mass is 245 g/mol. The van der Waals surface area contributed by atoms with Crippen molar-refractivity contribution in [3.8, 4) is 0 Å². The molecule has 0 aliphatic rings. The van der Waals surface area contributed by atoms with E-state index in [9.17, 15) is 4.39 Å². The number of benzene rings is 1. The first kappa shape index (κ1) is 10.7. The zero-order valence-electron chi connectivity index (χ0n) is 8.01. The number of halogens is 2. The molecule has 1 aromatic carbocycles. The highest BCUT2D eigenvalue weighted by Gasteiger charge is 2.12. The van der Waals surface area contributed by atoms with Gasteiger partial charge >= 0.3 is 0 Å². The van der Waals surface area contributed by atoms with Gasteiger partial charge in [0.15, 0.2) is 0 Å². The van der Waals surface area contributed by atoms with E-state index in [1.807, 2.05) is 38.1 Å². The van der Waals surface area contributed by atoms with Crippen LogP contribution in [0.25, 0.3) is 0 Å². The Morgan fingerprint density at radius 3 is 2.46 bits per heavy atom. The Morgan fingerprint density at radius 2 is 2.00 bits per heavy atom. The average Bonchev–Trinajstić information content (AvgIpc) is 2.03. The highest BCUT2D eigenvalue weighted by atomic mass is 79.9. The first-order valence-electron chi connectivity index (χ1n) is 4.13. The molecule has 1 unspecified atom stereocenters. The van der Waals surface area contributed by atoms with E-state index in [4.69, 9.17) is 0 Å². The number of hydrogen-bond donors (Lipinski definition) is 0. The van der Waals surface area contributed by atoms with Crippen LogP contribution in [0.15, 0.2) is 22.7 Å². The SMILES string of the molecule is CC(c1ccc(Br)cc1F)N(C)C. The van der Waals surface area contributed by atoms with Gasteiger partial charge in [0.1, 0.15) is 5.82 Å². The van der Waals surface area contributed by atoms with E-state index in [0.717, 1.165) is 10.0 Å². The van der Waals surface area contributed by atoms with Crippen molar-refractivity contribution in [2.75, 3.05) is 14.1 Å². The summed E-state index contributed by atoms with van der Waals surface area (Å²) in [5.41, 5.74) is 0.730. The molecule has 13 heavy (non-hydrogen) atoms. The van der Waals surface area contributed by atoms with Crippen molar-refractivity contribution in [1.82, 2.24) is 4.90 Å². The maximum atomic E-state index is 13.4. The van der Waals surface area contributed by atoms with Gasteiger partial charge in [-0.25, -0.2) is 4.39 Å². The topological polar surface area (TPSA) is 3.24 Å². The Balaban J connectivity index is 3.01. The fourth-order valence-corrected chi connectivity index (χ4v) is 1.45. The van der Waals surface area contributed by atoms with Crippen LogP contribution in [0.3, 0.4) is 0 Å². The van der Waals surface area contributed by atoms with Gasteiger partial charge in [0, 0.05) is 16.1 Å². The maximum Gasteiger partial charge on any atom is 0.129 e. The summed E-state index contributed by atoms with van der Waals surface area (Å²) in [6.45, 7) is 1.98. The largest absolute Gasteiger partial charge is 0.303 e. The Labute approximate surface area is 86.7 Å².